The summed E-state index contributed by atoms with van der Waals surface area (Å²) in [5, 5.41) is 14.5. The first-order valence-corrected chi connectivity index (χ1v) is 10.6. The SMILES string of the molecule is C[C@@H](Sc1nnc(-c2ccc(Cl)cc2)n1C)C(=O)NC(=O)NC1CCCCC1. The van der Waals surface area contributed by atoms with E-state index >= 15 is 0 Å². The maximum absolute atomic E-state index is 12.4. The van der Waals surface area contributed by atoms with E-state index in [1.807, 2.05) is 23.7 Å². The number of hydrogen-bond donors (Lipinski definition) is 2. The number of aromatic nitrogens is 3. The minimum Gasteiger partial charge on any atom is -0.335 e. The van der Waals surface area contributed by atoms with E-state index in [0.29, 0.717) is 16.0 Å². The second-order valence-corrected chi connectivity index (χ2v) is 8.67. The molecule has 2 aromatic rings. The minimum absolute atomic E-state index is 0.158. The Balaban J connectivity index is 1.56. The Kier molecular flexibility index (Phi) is 6.96. The smallest absolute Gasteiger partial charge is 0.321 e. The third kappa shape index (κ3) is 5.26. The van der Waals surface area contributed by atoms with Crippen LogP contribution in [0, 0.1) is 0 Å². The average molecular weight is 422 g/mol. The zero-order valence-corrected chi connectivity index (χ0v) is 17.5. The van der Waals surface area contributed by atoms with Crippen LogP contribution < -0.4 is 10.6 Å². The molecule has 0 aliphatic heterocycles. The molecule has 1 aromatic carbocycles. The number of urea groups is 1. The molecular formula is C19H24ClN5O2S. The Hall–Kier alpha value is -2.06. The molecule has 0 bridgehead atoms. The quantitative estimate of drug-likeness (QED) is 0.717. The number of nitrogens with one attached hydrogen (secondary N) is 2. The molecule has 28 heavy (non-hydrogen) atoms. The van der Waals surface area contributed by atoms with Gasteiger partial charge in [0.15, 0.2) is 11.0 Å². The number of nitrogens with zero attached hydrogens (tertiary/aromatic N) is 3. The van der Waals surface area contributed by atoms with E-state index in [9.17, 15) is 9.59 Å². The molecule has 2 N–H and O–H groups in total. The lowest BCUT2D eigenvalue weighted by Gasteiger charge is -2.23. The molecule has 1 fully saturated rings. The summed E-state index contributed by atoms with van der Waals surface area (Å²) in [5.41, 5.74) is 0.884. The predicted molar refractivity (Wildman–Crippen MR) is 110 cm³/mol. The van der Waals surface area contributed by atoms with Gasteiger partial charge in [0.1, 0.15) is 0 Å². The largest absolute Gasteiger partial charge is 0.335 e. The number of carbonyl (C=O) groups is 2. The summed E-state index contributed by atoms with van der Waals surface area (Å²) in [6, 6.07) is 7.05. The number of imide groups is 1. The second kappa shape index (κ2) is 9.43. The van der Waals surface area contributed by atoms with Crippen LogP contribution in [0.1, 0.15) is 39.0 Å². The van der Waals surface area contributed by atoms with Crippen molar-refractivity contribution < 1.29 is 9.59 Å². The average Bonchev–Trinajstić information content (AvgIpc) is 3.03. The number of thioether (sulfide) groups is 1. The first-order valence-electron chi connectivity index (χ1n) is 9.37. The topological polar surface area (TPSA) is 88.9 Å². The van der Waals surface area contributed by atoms with Crippen LogP contribution in [0.25, 0.3) is 11.4 Å². The minimum atomic E-state index is -0.488. The second-order valence-electron chi connectivity index (χ2n) is 6.93. The van der Waals surface area contributed by atoms with Gasteiger partial charge in [-0.3, -0.25) is 10.1 Å². The molecule has 1 heterocycles. The molecular weight excluding hydrogens is 398 g/mol. The van der Waals surface area contributed by atoms with Crippen molar-refractivity contribution in [3.05, 3.63) is 29.3 Å². The lowest BCUT2D eigenvalue weighted by atomic mass is 9.96. The van der Waals surface area contributed by atoms with E-state index < -0.39 is 11.3 Å². The lowest BCUT2D eigenvalue weighted by Crippen LogP contribution is -2.47. The maximum Gasteiger partial charge on any atom is 0.321 e. The van der Waals surface area contributed by atoms with E-state index in [1.165, 1.54) is 18.2 Å². The molecule has 0 radical (unpaired) electrons. The van der Waals surface area contributed by atoms with Crippen molar-refractivity contribution in [1.82, 2.24) is 25.4 Å². The lowest BCUT2D eigenvalue weighted by molar-refractivity contribution is -0.119. The molecule has 9 heteroatoms. The van der Waals surface area contributed by atoms with Crippen molar-refractivity contribution in [2.45, 2.75) is 55.5 Å². The monoisotopic (exact) mass is 421 g/mol. The number of rotatable bonds is 5. The van der Waals surface area contributed by atoms with Gasteiger partial charge < -0.3 is 9.88 Å². The van der Waals surface area contributed by atoms with E-state index in [2.05, 4.69) is 20.8 Å². The third-order valence-electron chi connectivity index (χ3n) is 4.77. The number of carbonyl (C=O) groups excluding carboxylic acids is 2. The van der Waals surface area contributed by atoms with Crippen molar-refractivity contribution in [2.75, 3.05) is 0 Å². The fourth-order valence-electron chi connectivity index (χ4n) is 3.16. The Morgan fingerprint density at radius 1 is 1.18 bits per heavy atom. The van der Waals surface area contributed by atoms with Crippen LogP contribution in [0.15, 0.2) is 29.4 Å². The molecule has 1 aliphatic carbocycles. The molecule has 1 aliphatic rings. The predicted octanol–water partition coefficient (Wildman–Crippen LogP) is 3.77. The van der Waals surface area contributed by atoms with E-state index in [-0.39, 0.29) is 11.9 Å². The fourth-order valence-corrected chi connectivity index (χ4v) is 4.10. The first kappa shape index (κ1) is 20.7. The Morgan fingerprint density at radius 3 is 2.54 bits per heavy atom. The van der Waals surface area contributed by atoms with Crippen molar-refractivity contribution in [3.8, 4) is 11.4 Å². The summed E-state index contributed by atoms with van der Waals surface area (Å²) in [6.45, 7) is 1.74. The molecule has 150 valence electrons. The Bertz CT molecular complexity index is 833. The molecule has 3 amide bonds. The number of amides is 3. The highest BCUT2D eigenvalue weighted by Gasteiger charge is 2.22. The molecule has 1 saturated carbocycles. The Morgan fingerprint density at radius 2 is 1.86 bits per heavy atom. The summed E-state index contributed by atoms with van der Waals surface area (Å²) < 4.78 is 1.82. The van der Waals surface area contributed by atoms with Gasteiger partial charge >= 0.3 is 6.03 Å². The van der Waals surface area contributed by atoms with Gasteiger partial charge in [-0.05, 0) is 44.0 Å². The third-order valence-corrected chi connectivity index (χ3v) is 6.15. The molecule has 0 saturated heterocycles. The molecule has 7 nitrogen and oxygen atoms in total. The zero-order chi connectivity index (χ0) is 20.1. The van der Waals surface area contributed by atoms with E-state index in [4.69, 9.17) is 11.6 Å². The van der Waals surface area contributed by atoms with Crippen LogP contribution in [0.2, 0.25) is 5.02 Å². The summed E-state index contributed by atoms with van der Waals surface area (Å²) in [4.78, 5) is 24.4. The van der Waals surface area contributed by atoms with Gasteiger partial charge in [0.25, 0.3) is 0 Å². The zero-order valence-electron chi connectivity index (χ0n) is 15.9. The highest BCUT2D eigenvalue weighted by Crippen LogP contribution is 2.26. The van der Waals surface area contributed by atoms with Crippen LogP contribution >= 0.6 is 23.4 Å². The number of hydrogen-bond acceptors (Lipinski definition) is 5. The van der Waals surface area contributed by atoms with Gasteiger partial charge in [0.05, 0.1) is 5.25 Å². The highest BCUT2D eigenvalue weighted by atomic mass is 35.5. The van der Waals surface area contributed by atoms with Crippen LogP contribution in [0.3, 0.4) is 0 Å². The van der Waals surface area contributed by atoms with Gasteiger partial charge in [-0.15, -0.1) is 10.2 Å². The van der Waals surface area contributed by atoms with Crippen molar-refractivity contribution in [1.29, 1.82) is 0 Å². The van der Waals surface area contributed by atoms with Gasteiger partial charge in [0.2, 0.25) is 5.91 Å². The maximum atomic E-state index is 12.4. The van der Waals surface area contributed by atoms with Gasteiger partial charge in [-0.2, -0.15) is 0 Å². The molecule has 1 aromatic heterocycles. The van der Waals surface area contributed by atoms with Gasteiger partial charge in [-0.25, -0.2) is 4.79 Å². The Labute approximate surface area is 173 Å². The standard InChI is InChI=1S/C19H24ClN5O2S/c1-12(17(26)22-18(27)21-15-6-4-3-5-7-15)28-19-24-23-16(25(19)2)13-8-10-14(20)11-9-13/h8-12,15H,3-7H2,1-2H3,(H2,21,22,26,27)/t12-/m1/s1. The molecule has 0 unspecified atom stereocenters. The van der Waals surface area contributed by atoms with E-state index in [1.54, 1.807) is 19.1 Å². The first-order chi connectivity index (χ1) is 13.4. The van der Waals surface area contributed by atoms with Crippen molar-refractivity contribution in [3.63, 3.8) is 0 Å². The number of benzene rings is 1. The van der Waals surface area contributed by atoms with Crippen LogP contribution in [-0.4, -0.2) is 38.0 Å². The summed E-state index contributed by atoms with van der Waals surface area (Å²) >= 11 is 7.18. The summed E-state index contributed by atoms with van der Waals surface area (Å²) in [7, 11) is 1.84. The molecule has 1 atom stereocenters. The summed E-state index contributed by atoms with van der Waals surface area (Å²) in [5.74, 6) is 0.330. The molecule has 3 rings (SSSR count). The number of halogens is 1. The summed E-state index contributed by atoms with van der Waals surface area (Å²) in [6.07, 6.45) is 5.39. The highest BCUT2D eigenvalue weighted by molar-refractivity contribution is 8.00. The normalized spacial score (nSPS) is 15.8. The van der Waals surface area contributed by atoms with Crippen LogP contribution in [-0.2, 0) is 11.8 Å². The van der Waals surface area contributed by atoms with Crippen LogP contribution in [0.4, 0.5) is 4.79 Å². The van der Waals surface area contributed by atoms with Crippen molar-refractivity contribution >= 4 is 35.3 Å². The van der Waals surface area contributed by atoms with Gasteiger partial charge in [-0.1, -0.05) is 42.6 Å². The van der Waals surface area contributed by atoms with Gasteiger partial charge in [0, 0.05) is 23.7 Å². The van der Waals surface area contributed by atoms with Crippen LogP contribution in [0.5, 0.6) is 0 Å². The van der Waals surface area contributed by atoms with E-state index in [0.717, 1.165) is 31.2 Å². The van der Waals surface area contributed by atoms with Crippen molar-refractivity contribution in [2.24, 2.45) is 7.05 Å². The molecule has 0 spiro atoms. The fraction of sp³-hybridized carbons (Fsp3) is 0.474.